The third-order valence-corrected chi connectivity index (χ3v) is 5.85. The van der Waals surface area contributed by atoms with E-state index < -0.39 is 0 Å². The van der Waals surface area contributed by atoms with Gasteiger partial charge in [-0.2, -0.15) is 5.11 Å². The first-order valence-electron chi connectivity index (χ1n) is 8.63. The van der Waals surface area contributed by atoms with E-state index >= 15 is 0 Å². The van der Waals surface area contributed by atoms with E-state index in [1.807, 2.05) is 24.3 Å². The van der Waals surface area contributed by atoms with Gasteiger partial charge in [0.2, 0.25) is 0 Å². The number of hydrogen-bond donors (Lipinski definition) is 1. The highest BCUT2D eigenvalue weighted by molar-refractivity contribution is 9.10. The topological polar surface area (TPSA) is 36.2 Å². The Hall–Kier alpha value is -1.74. The number of benzene rings is 2. The Morgan fingerprint density at radius 1 is 0.920 bits per heavy atom. The summed E-state index contributed by atoms with van der Waals surface area (Å²) in [4.78, 5) is 0. The minimum Gasteiger partial charge on any atom is -0.209 e. The molecule has 0 fully saturated rings. The Balaban J connectivity index is 2.18. The van der Waals surface area contributed by atoms with Gasteiger partial charge in [0, 0.05) is 15.3 Å². The Morgan fingerprint density at radius 3 is 1.96 bits per heavy atom. The van der Waals surface area contributed by atoms with E-state index in [2.05, 4.69) is 79.9 Å². The lowest BCUT2D eigenvalue weighted by Crippen LogP contribution is -2.29. The molecular weight excluding hydrogens is 372 g/mol. The molecule has 2 aromatic carbocycles. The van der Waals surface area contributed by atoms with Gasteiger partial charge in [-0.1, -0.05) is 80.0 Å². The zero-order valence-electron chi connectivity index (χ0n) is 15.5. The first-order valence-corrected chi connectivity index (χ1v) is 9.43. The second-order valence-electron chi connectivity index (χ2n) is 8.11. The summed E-state index contributed by atoms with van der Waals surface area (Å²) in [6.45, 7) is 11.2. The van der Waals surface area contributed by atoms with Crippen LogP contribution in [0.3, 0.4) is 0 Å². The molecule has 0 spiro atoms. The van der Waals surface area contributed by atoms with Crippen molar-refractivity contribution in [1.29, 1.82) is 5.53 Å². The lowest BCUT2D eigenvalue weighted by Gasteiger charge is -2.38. The zero-order valence-corrected chi connectivity index (χ0v) is 17.1. The van der Waals surface area contributed by atoms with E-state index in [1.165, 1.54) is 16.7 Å². The summed E-state index contributed by atoms with van der Waals surface area (Å²) in [6, 6.07) is 12.4. The third-order valence-electron chi connectivity index (χ3n) is 5.32. The standard InChI is InChI=1S/C22H25BrN2/c1-14-12-18-19(22(4,5)11-10-21(18,2)3)13-17(14)20(25-24)15-6-8-16(23)9-7-15/h6-13,20,24H,1-5H3. The number of nitrogens with one attached hydrogen (secondary N) is 1. The van der Waals surface area contributed by atoms with E-state index in [0.717, 1.165) is 15.6 Å². The highest BCUT2D eigenvalue weighted by atomic mass is 79.9. The smallest absolute Gasteiger partial charge is 0.121 e. The summed E-state index contributed by atoms with van der Waals surface area (Å²) in [5.41, 5.74) is 13.9. The molecule has 3 heteroatoms. The van der Waals surface area contributed by atoms with E-state index in [1.54, 1.807) is 0 Å². The number of nitrogens with zero attached hydrogens (tertiary/aromatic N) is 1. The van der Waals surface area contributed by atoms with Crippen LogP contribution in [0.1, 0.15) is 61.6 Å². The van der Waals surface area contributed by atoms with Gasteiger partial charge in [-0.25, -0.2) is 5.53 Å². The van der Waals surface area contributed by atoms with Gasteiger partial charge in [0.15, 0.2) is 0 Å². The van der Waals surface area contributed by atoms with Crippen LogP contribution >= 0.6 is 15.9 Å². The lowest BCUT2D eigenvalue weighted by molar-refractivity contribution is 0.560. The second kappa shape index (κ2) is 6.21. The van der Waals surface area contributed by atoms with Gasteiger partial charge < -0.3 is 0 Å². The summed E-state index contributed by atoms with van der Waals surface area (Å²) in [5.74, 6) is 0. The maximum atomic E-state index is 7.80. The van der Waals surface area contributed by atoms with E-state index in [0.29, 0.717) is 0 Å². The van der Waals surface area contributed by atoms with Gasteiger partial charge in [0.05, 0.1) is 0 Å². The van der Waals surface area contributed by atoms with Gasteiger partial charge in [-0.15, -0.1) is 0 Å². The van der Waals surface area contributed by atoms with Crippen LogP contribution in [0.2, 0.25) is 0 Å². The van der Waals surface area contributed by atoms with Crippen LogP contribution < -0.4 is 0 Å². The summed E-state index contributed by atoms with van der Waals surface area (Å²) in [5, 5.41) is 3.97. The monoisotopic (exact) mass is 396 g/mol. The lowest BCUT2D eigenvalue weighted by atomic mass is 9.67. The molecule has 1 atom stereocenters. The molecule has 3 rings (SSSR count). The van der Waals surface area contributed by atoms with Crippen molar-refractivity contribution in [2.24, 2.45) is 5.11 Å². The molecule has 0 saturated carbocycles. The molecular formula is C22H25BrN2. The molecule has 0 radical (unpaired) electrons. The molecule has 1 N–H and O–H groups in total. The number of aryl methyl sites for hydroxylation is 1. The molecule has 2 nitrogen and oxygen atoms in total. The van der Waals surface area contributed by atoms with Crippen LogP contribution in [0.25, 0.3) is 0 Å². The molecule has 1 aliphatic carbocycles. The van der Waals surface area contributed by atoms with Crippen molar-refractivity contribution < 1.29 is 0 Å². The maximum absolute atomic E-state index is 7.80. The van der Waals surface area contributed by atoms with Crippen LogP contribution in [0.4, 0.5) is 0 Å². The second-order valence-corrected chi connectivity index (χ2v) is 9.03. The molecule has 0 aromatic heterocycles. The third kappa shape index (κ3) is 3.22. The Morgan fingerprint density at radius 2 is 1.44 bits per heavy atom. The molecule has 1 unspecified atom stereocenters. The highest BCUT2D eigenvalue weighted by Gasteiger charge is 2.34. The van der Waals surface area contributed by atoms with Gasteiger partial charge >= 0.3 is 0 Å². The molecule has 0 saturated heterocycles. The molecule has 2 aromatic rings. The largest absolute Gasteiger partial charge is 0.209 e. The molecule has 0 aliphatic heterocycles. The van der Waals surface area contributed by atoms with Gasteiger partial charge in [0.1, 0.15) is 6.04 Å². The Bertz CT molecular complexity index is 845. The fourth-order valence-corrected chi connectivity index (χ4v) is 3.91. The van der Waals surface area contributed by atoms with Gasteiger partial charge in [-0.05, 0) is 46.9 Å². The van der Waals surface area contributed by atoms with Crippen molar-refractivity contribution in [3.05, 3.63) is 80.8 Å². The minimum absolute atomic E-state index is 0.0143. The van der Waals surface area contributed by atoms with E-state index in [-0.39, 0.29) is 16.9 Å². The molecule has 25 heavy (non-hydrogen) atoms. The van der Waals surface area contributed by atoms with Crippen molar-refractivity contribution in [3.8, 4) is 0 Å². The van der Waals surface area contributed by atoms with Crippen molar-refractivity contribution in [2.45, 2.75) is 51.5 Å². The summed E-state index contributed by atoms with van der Waals surface area (Å²) in [7, 11) is 0. The van der Waals surface area contributed by atoms with Crippen molar-refractivity contribution in [3.63, 3.8) is 0 Å². The predicted molar refractivity (Wildman–Crippen MR) is 108 cm³/mol. The molecule has 1 aliphatic rings. The molecule has 0 bridgehead atoms. The average Bonchev–Trinajstić information content (AvgIpc) is 2.55. The van der Waals surface area contributed by atoms with Crippen LogP contribution in [0.15, 0.2) is 58.1 Å². The van der Waals surface area contributed by atoms with Crippen LogP contribution in [-0.4, -0.2) is 0 Å². The molecule has 0 amide bonds. The number of fused-ring (bicyclic) bond motifs is 1. The van der Waals surface area contributed by atoms with E-state index in [4.69, 9.17) is 5.53 Å². The maximum Gasteiger partial charge on any atom is 0.121 e. The van der Waals surface area contributed by atoms with Crippen LogP contribution in [0, 0.1) is 12.5 Å². The summed E-state index contributed by atoms with van der Waals surface area (Å²) >= 11 is 3.48. The first-order chi connectivity index (χ1) is 11.7. The molecule has 130 valence electrons. The molecule has 0 heterocycles. The van der Waals surface area contributed by atoms with Crippen molar-refractivity contribution >= 4 is 15.9 Å². The SMILES string of the molecule is Cc1cc2c(cc1C(N=N)c1ccc(Br)cc1)C(C)(C)C=CC2(C)C. The van der Waals surface area contributed by atoms with Crippen LogP contribution in [-0.2, 0) is 10.8 Å². The fraction of sp³-hybridized carbons (Fsp3) is 0.364. The Labute approximate surface area is 159 Å². The number of rotatable bonds is 3. The van der Waals surface area contributed by atoms with Crippen molar-refractivity contribution in [1.82, 2.24) is 0 Å². The van der Waals surface area contributed by atoms with Gasteiger partial charge in [0.25, 0.3) is 0 Å². The number of halogens is 1. The van der Waals surface area contributed by atoms with Gasteiger partial charge in [-0.3, -0.25) is 0 Å². The average molecular weight is 397 g/mol. The normalized spacial score (nSPS) is 18.5. The predicted octanol–water partition coefficient (Wildman–Crippen LogP) is 7.00. The number of allylic oxidation sites excluding steroid dienone is 2. The fourth-order valence-electron chi connectivity index (χ4n) is 3.65. The summed E-state index contributed by atoms with van der Waals surface area (Å²) in [6.07, 6.45) is 4.62. The van der Waals surface area contributed by atoms with Crippen LogP contribution in [0.5, 0.6) is 0 Å². The van der Waals surface area contributed by atoms with Crippen molar-refractivity contribution in [2.75, 3.05) is 0 Å². The first kappa shape index (κ1) is 18.1. The Kier molecular flexibility index (Phi) is 4.48. The highest BCUT2D eigenvalue weighted by Crippen LogP contribution is 2.44. The van der Waals surface area contributed by atoms with E-state index in [9.17, 15) is 0 Å². The summed E-state index contributed by atoms with van der Waals surface area (Å²) < 4.78 is 1.04. The minimum atomic E-state index is -0.261. The zero-order chi connectivity index (χ0) is 18.4. The quantitative estimate of drug-likeness (QED) is 0.428. The number of hydrogen-bond acceptors (Lipinski definition) is 2.